The Morgan fingerprint density at radius 2 is 1.43 bits per heavy atom. The average molecular weight is 639 g/mol. The number of alkyl halides is 3. The van der Waals surface area contributed by atoms with Crippen molar-refractivity contribution in [1.82, 2.24) is 4.98 Å². The number of hydrogen-bond donors (Lipinski definition) is 2. The van der Waals surface area contributed by atoms with Crippen LogP contribution < -0.4 is 15.5 Å². The SMILES string of the molecule is CCC(C)Nc1ccc(N(C)c2ccc(/N=N/c3ccc(Nc4nc(C(F)(F)F)cs4)cc3C)c3ccccc23)c2ccccc12. The van der Waals surface area contributed by atoms with Crippen LogP contribution in [0.15, 0.2) is 107 Å². The number of thiazole rings is 1. The quantitative estimate of drug-likeness (QED) is 0.155. The molecule has 1 heterocycles. The second-order valence-electron chi connectivity index (χ2n) is 11.2. The first kappa shape index (κ1) is 31.0. The summed E-state index contributed by atoms with van der Waals surface area (Å²) in [4.78, 5) is 5.86. The van der Waals surface area contributed by atoms with Crippen LogP contribution in [0.2, 0.25) is 0 Å². The third kappa shape index (κ3) is 6.39. The summed E-state index contributed by atoms with van der Waals surface area (Å²) in [6, 6.07) is 30.7. The predicted octanol–water partition coefficient (Wildman–Crippen LogP) is 11.9. The number of anilines is 5. The minimum Gasteiger partial charge on any atom is -0.382 e. The molecule has 0 amide bonds. The third-order valence-corrected chi connectivity index (χ3v) is 8.78. The Balaban J connectivity index is 1.28. The van der Waals surface area contributed by atoms with Crippen LogP contribution in [0.4, 0.5) is 52.4 Å². The van der Waals surface area contributed by atoms with Gasteiger partial charge in [0.1, 0.15) is 0 Å². The molecule has 0 saturated heterocycles. The molecule has 1 unspecified atom stereocenters. The molecule has 1 atom stereocenters. The van der Waals surface area contributed by atoms with Gasteiger partial charge < -0.3 is 15.5 Å². The molecule has 0 radical (unpaired) electrons. The van der Waals surface area contributed by atoms with E-state index in [0.29, 0.717) is 17.4 Å². The van der Waals surface area contributed by atoms with Crippen LogP contribution >= 0.6 is 11.3 Å². The zero-order valence-electron chi connectivity index (χ0n) is 25.9. The first-order valence-electron chi connectivity index (χ1n) is 15.0. The van der Waals surface area contributed by atoms with Crippen molar-refractivity contribution in [3.8, 4) is 0 Å². The van der Waals surface area contributed by atoms with E-state index in [-0.39, 0.29) is 5.13 Å². The molecule has 6 rings (SSSR count). The molecule has 234 valence electrons. The summed E-state index contributed by atoms with van der Waals surface area (Å²) in [5.74, 6) is 0. The van der Waals surface area contributed by atoms with Crippen LogP contribution in [0.25, 0.3) is 21.5 Å². The Morgan fingerprint density at radius 1 is 0.826 bits per heavy atom. The molecule has 46 heavy (non-hydrogen) atoms. The van der Waals surface area contributed by atoms with E-state index in [4.69, 9.17) is 0 Å². The Hall–Kier alpha value is -4.96. The van der Waals surface area contributed by atoms with Gasteiger partial charge in [-0.05, 0) is 68.3 Å². The van der Waals surface area contributed by atoms with Gasteiger partial charge in [0.05, 0.1) is 11.4 Å². The molecule has 0 aliphatic heterocycles. The summed E-state index contributed by atoms with van der Waals surface area (Å²) in [5, 5.41) is 21.3. The molecule has 1 aromatic heterocycles. The molecule has 0 spiro atoms. The molecular weight excluding hydrogens is 605 g/mol. The normalized spacial score (nSPS) is 12.6. The molecule has 0 saturated carbocycles. The van der Waals surface area contributed by atoms with E-state index in [1.807, 2.05) is 37.3 Å². The second-order valence-corrected chi connectivity index (χ2v) is 12.1. The van der Waals surface area contributed by atoms with E-state index in [0.717, 1.165) is 67.6 Å². The summed E-state index contributed by atoms with van der Waals surface area (Å²) in [7, 11) is 2.08. The maximum atomic E-state index is 12.9. The third-order valence-electron chi connectivity index (χ3n) is 8.02. The lowest BCUT2D eigenvalue weighted by atomic mass is 10.0. The van der Waals surface area contributed by atoms with E-state index in [1.54, 1.807) is 12.1 Å². The summed E-state index contributed by atoms with van der Waals surface area (Å²) in [5.41, 5.74) is 5.19. The van der Waals surface area contributed by atoms with Crippen LogP contribution in [0.1, 0.15) is 31.5 Å². The zero-order chi connectivity index (χ0) is 32.4. The number of hydrogen-bond acceptors (Lipinski definition) is 7. The van der Waals surface area contributed by atoms with Crippen molar-refractivity contribution in [3.05, 3.63) is 108 Å². The van der Waals surface area contributed by atoms with Crippen LogP contribution in [-0.2, 0) is 6.18 Å². The number of aryl methyl sites for hydroxylation is 1. The lowest BCUT2D eigenvalue weighted by Crippen LogP contribution is -2.14. The van der Waals surface area contributed by atoms with Gasteiger partial charge in [0, 0.05) is 62.8 Å². The Labute approximate surface area is 269 Å². The van der Waals surface area contributed by atoms with Crippen LogP contribution in [0, 0.1) is 6.92 Å². The van der Waals surface area contributed by atoms with E-state index < -0.39 is 11.9 Å². The molecule has 0 aliphatic carbocycles. The fraction of sp³-hybridized carbons (Fsp3) is 0.194. The minimum absolute atomic E-state index is 0.171. The van der Waals surface area contributed by atoms with Crippen molar-refractivity contribution in [3.63, 3.8) is 0 Å². The van der Waals surface area contributed by atoms with E-state index in [1.165, 1.54) is 5.39 Å². The van der Waals surface area contributed by atoms with E-state index >= 15 is 0 Å². The number of aromatic nitrogens is 1. The van der Waals surface area contributed by atoms with Gasteiger partial charge in [0.2, 0.25) is 0 Å². The van der Waals surface area contributed by atoms with E-state index in [9.17, 15) is 13.2 Å². The summed E-state index contributed by atoms with van der Waals surface area (Å²) >= 11 is 0.905. The fourth-order valence-electron chi connectivity index (χ4n) is 5.38. The largest absolute Gasteiger partial charge is 0.434 e. The number of fused-ring (bicyclic) bond motifs is 2. The van der Waals surface area contributed by atoms with Gasteiger partial charge in [-0.2, -0.15) is 18.3 Å². The topological polar surface area (TPSA) is 64.9 Å². The average Bonchev–Trinajstić information content (AvgIpc) is 3.53. The van der Waals surface area contributed by atoms with Crippen molar-refractivity contribution >= 4 is 72.1 Å². The molecule has 2 N–H and O–H groups in total. The first-order valence-corrected chi connectivity index (χ1v) is 15.9. The number of halogens is 3. The number of nitrogens with zero attached hydrogens (tertiary/aromatic N) is 4. The molecule has 5 aromatic carbocycles. The molecule has 6 nitrogen and oxygen atoms in total. The smallest absolute Gasteiger partial charge is 0.382 e. The highest BCUT2D eigenvalue weighted by molar-refractivity contribution is 7.13. The van der Waals surface area contributed by atoms with Gasteiger partial charge in [-0.25, -0.2) is 4.98 Å². The molecule has 0 bridgehead atoms. The summed E-state index contributed by atoms with van der Waals surface area (Å²) in [6.45, 7) is 6.25. The predicted molar refractivity (Wildman–Crippen MR) is 185 cm³/mol. The highest BCUT2D eigenvalue weighted by Crippen LogP contribution is 2.41. The van der Waals surface area contributed by atoms with Crippen molar-refractivity contribution in [2.24, 2.45) is 10.2 Å². The minimum atomic E-state index is -4.47. The van der Waals surface area contributed by atoms with Crippen LogP contribution in [0.3, 0.4) is 0 Å². The Morgan fingerprint density at radius 3 is 2.09 bits per heavy atom. The highest BCUT2D eigenvalue weighted by Gasteiger charge is 2.33. The van der Waals surface area contributed by atoms with Gasteiger partial charge in [-0.1, -0.05) is 55.5 Å². The second kappa shape index (κ2) is 12.8. The van der Waals surface area contributed by atoms with Crippen molar-refractivity contribution < 1.29 is 13.2 Å². The van der Waals surface area contributed by atoms with Crippen molar-refractivity contribution in [2.75, 3.05) is 22.6 Å². The van der Waals surface area contributed by atoms with Gasteiger partial charge in [0.25, 0.3) is 0 Å². The van der Waals surface area contributed by atoms with Crippen LogP contribution in [0.5, 0.6) is 0 Å². The molecule has 10 heteroatoms. The molecular formula is C36H33F3N6S. The zero-order valence-corrected chi connectivity index (χ0v) is 26.7. The lowest BCUT2D eigenvalue weighted by Gasteiger charge is -2.25. The number of nitrogens with one attached hydrogen (secondary N) is 2. The molecule has 0 aliphatic rings. The molecule has 6 aromatic rings. The first-order chi connectivity index (χ1) is 22.1. The maximum absolute atomic E-state index is 12.9. The van der Waals surface area contributed by atoms with Gasteiger partial charge in [0.15, 0.2) is 10.8 Å². The standard InChI is InChI=1S/C36H33F3N6S/c1-5-23(3)40-30-16-18-32(27-12-8-6-10-25(27)30)45(4)33-19-17-31(26-11-7-9-13-28(26)33)44-43-29-15-14-24(20-22(29)2)41-35-42-34(21-46-35)36(37,38)39/h6-21,23,40H,5H2,1-4H3,(H,41,42)/b44-43+. The van der Waals surface area contributed by atoms with Gasteiger partial charge in [-0.15, -0.1) is 16.5 Å². The van der Waals surface area contributed by atoms with Gasteiger partial charge in [-0.3, -0.25) is 0 Å². The fourth-order valence-corrected chi connectivity index (χ4v) is 6.12. The molecule has 0 fully saturated rings. The highest BCUT2D eigenvalue weighted by atomic mass is 32.1. The number of rotatable bonds is 9. The summed E-state index contributed by atoms with van der Waals surface area (Å²) in [6.07, 6.45) is -3.44. The lowest BCUT2D eigenvalue weighted by molar-refractivity contribution is -0.140. The van der Waals surface area contributed by atoms with Crippen molar-refractivity contribution in [1.29, 1.82) is 0 Å². The van der Waals surface area contributed by atoms with Gasteiger partial charge >= 0.3 is 6.18 Å². The maximum Gasteiger partial charge on any atom is 0.434 e. The summed E-state index contributed by atoms with van der Waals surface area (Å²) < 4.78 is 38.8. The Bertz CT molecular complexity index is 2050. The van der Waals surface area contributed by atoms with Crippen LogP contribution in [-0.4, -0.2) is 18.1 Å². The van der Waals surface area contributed by atoms with E-state index in [2.05, 4.69) is 100 Å². The number of benzene rings is 5. The number of azo groups is 1. The van der Waals surface area contributed by atoms with Crippen molar-refractivity contribution in [2.45, 2.75) is 39.4 Å². The Kier molecular flexibility index (Phi) is 8.64. The monoisotopic (exact) mass is 638 g/mol.